The molecule has 94 valence electrons. The van der Waals surface area contributed by atoms with Crippen LogP contribution in [0.1, 0.15) is 11.1 Å². The Hall–Kier alpha value is -1.56. The number of hydrogen-bond acceptors (Lipinski definition) is 2. The largest absolute Gasteiger partial charge is 0.480 e. The summed E-state index contributed by atoms with van der Waals surface area (Å²) in [5, 5.41) is 8.52. The summed E-state index contributed by atoms with van der Waals surface area (Å²) in [7, 11) is 1.54. The highest BCUT2D eigenvalue weighted by Gasteiger charge is 2.30. The van der Waals surface area contributed by atoms with Crippen LogP contribution >= 0.6 is 0 Å². The normalized spacial score (nSPS) is 11.8. The van der Waals surface area contributed by atoms with Crippen molar-refractivity contribution in [3.8, 4) is 0 Å². The van der Waals surface area contributed by atoms with E-state index in [1.165, 1.54) is 24.1 Å². The van der Waals surface area contributed by atoms with Gasteiger partial charge in [0.1, 0.15) is 0 Å². The van der Waals surface area contributed by atoms with E-state index in [2.05, 4.69) is 0 Å². The molecule has 1 rings (SSSR count). The average Bonchev–Trinajstić information content (AvgIpc) is 2.15. The van der Waals surface area contributed by atoms with E-state index in [0.29, 0.717) is 5.56 Å². The molecule has 0 aliphatic carbocycles. The van der Waals surface area contributed by atoms with E-state index in [-0.39, 0.29) is 13.1 Å². The first-order chi connectivity index (χ1) is 7.79. The van der Waals surface area contributed by atoms with E-state index in [9.17, 15) is 18.0 Å². The number of carboxylic acid groups (broad SMARTS) is 1. The molecule has 0 heterocycles. The number of aliphatic carboxylic acids is 1. The molecule has 0 saturated carbocycles. The van der Waals surface area contributed by atoms with Crippen molar-refractivity contribution in [3.63, 3.8) is 0 Å². The Morgan fingerprint density at radius 2 is 2.06 bits per heavy atom. The van der Waals surface area contributed by atoms with Gasteiger partial charge in [-0.2, -0.15) is 13.2 Å². The molecule has 6 heteroatoms. The van der Waals surface area contributed by atoms with Crippen molar-refractivity contribution in [2.24, 2.45) is 0 Å². The van der Waals surface area contributed by atoms with Crippen molar-refractivity contribution in [1.82, 2.24) is 4.90 Å². The van der Waals surface area contributed by atoms with Crippen molar-refractivity contribution >= 4 is 5.97 Å². The van der Waals surface area contributed by atoms with Crippen molar-refractivity contribution in [1.29, 1.82) is 0 Å². The van der Waals surface area contributed by atoms with E-state index >= 15 is 0 Å². The second-order valence-corrected chi connectivity index (χ2v) is 3.76. The zero-order valence-electron chi connectivity index (χ0n) is 9.16. The summed E-state index contributed by atoms with van der Waals surface area (Å²) in [5.74, 6) is -1.01. The van der Waals surface area contributed by atoms with Crippen molar-refractivity contribution in [2.75, 3.05) is 13.6 Å². The Morgan fingerprint density at radius 3 is 2.59 bits per heavy atom. The smallest absolute Gasteiger partial charge is 0.416 e. The summed E-state index contributed by atoms with van der Waals surface area (Å²) in [6.07, 6.45) is -4.37. The highest BCUT2D eigenvalue weighted by Crippen LogP contribution is 2.29. The van der Waals surface area contributed by atoms with Gasteiger partial charge in [0.05, 0.1) is 12.1 Å². The zero-order chi connectivity index (χ0) is 13.1. The van der Waals surface area contributed by atoms with Crippen LogP contribution in [0.5, 0.6) is 0 Å². The number of alkyl halides is 3. The van der Waals surface area contributed by atoms with E-state index < -0.39 is 17.7 Å². The molecule has 1 N–H and O–H groups in total. The molecular formula is C11H12F3NO2. The third-order valence-electron chi connectivity index (χ3n) is 2.11. The predicted molar refractivity (Wildman–Crippen MR) is 55.4 cm³/mol. The van der Waals surface area contributed by atoms with Crippen LogP contribution < -0.4 is 0 Å². The molecule has 17 heavy (non-hydrogen) atoms. The Labute approximate surface area is 96.5 Å². The lowest BCUT2D eigenvalue weighted by Crippen LogP contribution is -2.25. The van der Waals surface area contributed by atoms with Crippen LogP contribution in [0.15, 0.2) is 24.3 Å². The van der Waals surface area contributed by atoms with Crippen LogP contribution in [0.3, 0.4) is 0 Å². The summed E-state index contributed by atoms with van der Waals surface area (Å²) in [4.78, 5) is 11.8. The number of benzene rings is 1. The Bertz CT molecular complexity index is 404. The van der Waals surface area contributed by atoms with E-state index in [1.807, 2.05) is 0 Å². The molecule has 0 radical (unpaired) electrons. The Balaban J connectivity index is 2.76. The molecule has 0 aliphatic heterocycles. The quantitative estimate of drug-likeness (QED) is 0.886. The summed E-state index contributed by atoms with van der Waals surface area (Å²) in [5.41, 5.74) is -0.290. The molecule has 3 nitrogen and oxygen atoms in total. The lowest BCUT2D eigenvalue weighted by atomic mass is 10.1. The van der Waals surface area contributed by atoms with Gasteiger partial charge >= 0.3 is 12.1 Å². The predicted octanol–water partition coefficient (Wildman–Crippen LogP) is 2.22. The van der Waals surface area contributed by atoms with Gasteiger partial charge in [0.2, 0.25) is 0 Å². The molecule has 1 aromatic carbocycles. The highest BCUT2D eigenvalue weighted by molar-refractivity contribution is 5.69. The highest BCUT2D eigenvalue weighted by atomic mass is 19.4. The second kappa shape index (κ2) is 5.18. The van der Waals surface area contributed by atoms with Gasteiger partial charge in [-0.25, -0.2) is 0 Å². The fourth-order valence-corrected chi connectivity index (χ4v) is 1.44. The molecule has 0 aromatic heterocycles. The standard InChI is InChI=1S/C11H12F3NO2/c1-15(7-10(16)17)6-8-3-2-4-9(5-8)11(12,13)14/h2-5H,6-7H2,1H3,(H,16,17). The van der Waals surface area contributed by atoms with Gasteiger partial charge in [-0.05, 0) is 18.7 Å². The lowest BCUT2D eigenvalue weighted by molar-refractivity contribution is -0.139. The number of carboxylic acids is 1. The van der Waals surface area contributed by atoms with Crippen molar-refractivity contribution < 1.29 is 23.1 Å². The molecule has 0 spiro atoms. The monoisotopic (exact) mass is 247 g/mol. The van der Waals surface area contributed by atoms with E-state index in [1.54, 1.807) is 0 Å². The molecular weight excluding hydrogens is 235 g/mol. The molecule has 0 saturated heterocycles. The SMILES string of the molecule is CN(CC(=O)O)Cc1cccc(C(F)(F)F)c1. The third-order valence-corrected chi connectivity index (χ3v) is 2.11. The first-order valence-electron chi connectivity index (χ1n) is 4.85. The third kappa shape index (κ3) is 4.44. The maximum Gasteiger partial charge on any atom is 0.416 e. The summed E-state index contributed by atoms with van der Waals surface area (Å²) in [6.45, 7) is -0.0491. The van der Waals surface area contributed by atoms with Gasteiger partial charge in [-0.15, -0.1) is 0 Å². The molecule has 0 unspecified atom stereocenters. The topological polar surface area (TPSA) is 40.5 Å². The first-order valence-corrected chi connectivity index (χ1v) is 4.85. The number of halogens is 3. The van der Waals surface area contributed by atoms with Crippen LogP contribution in [0.4, 0.5) is 13.2 Å². The van der Waals surface area contributed by atoms with Crippen molar-refractivity contribution in [3.05, 3.63) is 35.4 Å². The lowest BCUT2D eigenvalue weighted by Gasteiger charge is -2.15. The minimum atomic E-state index is -4.37. The van der Waals surface area contributed by atoms with Gasteiger partial charge in [-0.3, -0.25) is 9.69 Å². The van der Waals surface area contributed by atoms with Crippen LogP contribution in [0.2, 0.25) is 0 Å². The molecule has 0 amide bonds. The number of carbonyl (C=O) groups is 1. The number of hydrogen-bond donors (Lipinski definition) is 1. The van der Waals surface area contributed by atoms with Gasteiger partial charge in [0.15, 0.2) is 0 Å². The van der Waals surface area contributed by atoms with Gasteiger partial charge in [0.25, 0.3) is 0 Å². The maximum atomic E-state index is 12.4. The molecule has 0 bridgehead atoms. The molecule has 1 aromatic rings. The van der Waals surface area contributed by atoms with Crippen LogP contribution in [-0.4, -0.2) is 29.6 Å². The van der Waals surface area contributed by atoms with E-state index in [4.69, 9.17) is 5.11 Å². The molecule has 0 aliphatic rings. The Morgan fingerprint density at radius 1 is 1.41 bits per heavy atom. The number of likely N-dealkylation sites (N-methyl/N-ethyl adjacent to an activating group) is 1. The van der Waals surface area contributed by atoms with Crippen LogP contribution in [0.25, 0.3) is 0 Å². The number of rotatable bonds is 4. The van der Waals surface area contributed by atoms with Gasteiger partial charge < -0.3 is 5.11 Å². The summed E-state index contributed by atoms with van der Waals surface area (Å²) >= 11 is 0. The fourth-order valence-electron chi connectivity index (χ4n) is 1.44. The average molecular weight is 247 g/mol. The van der Waals surface area contributed by atoms with Crippen LogP contribution in [-0.2, 0) is 17.5 Å². The Kier molecular flexibility index (Phi) is 4.11. The molecule has 0 fully saturated rings. The minimum absolute atomic E-state index is 0.163. The maximum absolute atomic E-state index is 12.4. The van der Waals surface area contributed by atoms with Crippen LogP contribution in [0, 0.1) is 0 Å². The van der Waals surface area contributed by atoms with Gasteiger partial charge in [0, 0.05) is 6.54 Å². The fraction of sp³-hybridized carbons (Fsp3) is 0.364. The number of nitrogens with zero attached hydrogens (tertiary/aromatic N) is 1. The van der Waals surface area contributed by atoms with Crippen molar-refractivity contribution in [2.45, 2.75) is 12.7 Å². The van der Waals surface area contributed by atoms with Gasteiger partial charge in [-0.1, -0.05) is 18.2 Å². The first kappa shape index (κ1) is 13.5. The second-order valence-electron chi connectivity index (χ2n) is 3.76. The minimum Gasteiger partial charge on any atom is -0.480 e. The van der Waals surface area contributed by atoms with E-state index in [0.717, 1.165) is 12.1 Å². The summed E-state index contributed by atoms with van der Waals surface area (Å²) < 4.78 is 37.2. The zero-order valence-corrected chi connectivity index (χ0v) is 9.16. The molecule has 0 atom stereocenters. The summed E-state index contributed by atoms with van der Waals surface area (Å²) in [6, 6.07) is 4.86.